The molecule has 2 aromatic rings. The molecular formula is C16H20N2O2. The second kappa shape index (κ2) is 5.38. The molecule has 0 bridgehead atoms. The number of hydrogen-bond donors (Lipinski definition) is 2. The maximum Gasteiger partial charge on any atom is 0.0729 e. The van der Waals surface area contributed by atoms with Crippen molar-refractivity contribution in [3.63, 3.8) is 0 Å². The second-order valence-corrected chi connectivity index (χ2v) is 5.46. The fourth-order valence-corrected chi connectivity index (χ4v) is 3.06. The van der Waals surface area contributed by atoms with Gasteiger partial charge in [0.15, 0.2) is 0 Å². The van der Waals surface area contributed by atoms with Crippen LogP contribution in [-0.4, -0.2) is 34.4 Å². The van der Waals surface area contributed by atoms with Crippen LogP contribution in [0.1, 0.15) is 24.1 Å². The number of aromatic nitrogens is 1. The standard InChI is InChI=1S/C16H20N2O2/c1-11-7-16(18-6-2-3-13(18)10-20)14-5-4-12(9-19)8-15(14)17-11/h4-5,7-8,13,19-20H,2-3,6,9-10H2,1H3/t13-/m0/s1. The summed E-state index contributed by atoms with van der Waals surface area (Å²) in [5.74, 6) is 0. The number of aryl methyl sites for hydroxylation is 1. The molecule has 20 heavy (non-hydrogen) atoms. The van der Waals surface area contributed by atoms with Gasteiger partial charge in [-0.05, 0) is 37.5 Å². The van der Waals surface area contributed by atoms with Crippen LogP contribution < -0.4 is 4.90 Å². The van der Waals surface area contributed by atoms with Crippen LogP contribution in [0.5, 0.6) is 0 Å². The molecule has 4 nitrogen and oxygen atoms in total. The third kappa shape index (κ3) is 2.25. The van der Waals surface area contributed by atoms with Gasteiger partial charge in [0.1, 0.15) is 0 Å². The Morgan fingerprint density at radius 1 is 1.30 bits per heavy atom. The average molecular weight is 272 g/mol. The third-order valence-corrected chi connectivity index (χ3v) is 4.06. The van der Waals surface area contributed by atoms with E-state index in [-0.39, 0.29) is 19.3 Å². The Morgan fingerprint density at radius 2 is 2.15 bits per heavy atom. The first-order valence-corrected chi connectivity index (χ1v) is 7.11. The summed E-state index contributed by atoms with van der Waals surface area (Å²) in [6, 6.07) is 8.20. The summed E-state index contributed by atoms with van der Waals surface area (Å²) in [7, 11) is 0. The number of pyridine rings is 1. The minimum absolute atomic E-state index is 0.0316. The van der Waals surface area contributed by atoms with Gasteiger partial charge in [0.2, 0.25) is 0 Å². The number of benzene rings is 1. The molecule has 0 amide bonds. The summed E-state index contributed by atoms with van der Waals surface area (Å²) in [4.78, 5) is 6.85. The van der Waals surface area contributed by atoms with E-state index in [1.165, 1.54) is 0 Å². The molecule has 4 heteroatoms. The zero-order valence-corrected chi connectivity index (χ0v) is 11.7. The van der Waals surface area contributed by atoms with Crippen LogP contribution in [0.15, 0.2) is 24.3 Å². The van der Waals surface area contributed by atoms with Crippen molar-refractivity contribution in [1.29, 1.82) is 0 Å². The Morgan fingerprint density at radius 3 is 2.90 bits per heavy atom. The molecule has 0 spiro atoms. The summed E-state index contributed by atoms with van der Waals surface area (Å²) in [5.41, 5.74) is 3.90. The number of aliphatic hydroxyl groups is 2. The predicted octanol–water partition coefficient (Wildman–Crippen LogP) is 2.00. The van der Waals surface area contributed by atoms with Crippen LogP contribution in [0.3, 0.4) is 0 Å². The van der Waals surface area contributed by atoms with Gasteiger partial charge in [0.05, 0.1) is 24.8 Å². The number of rotatable bonds is 3. The Hall–Kier alpha value is -1.65. The predicted molar refractivity (Wildman–Crippen MR) is 79.9 cm³/mol. The van der Waals surface area contributed by atoms with Crippen molar-refractivity contribution < 1.29 is 10.2 Å². The van der Waals surface area contributed by atoms with Crippen molar-refractivity contribution in [3.05, 3.63) is 35.5 Å². The van der Waals surface area contributed by atoms with Gasteiger partial charge in [-0.2, -0.15) is 0 Å². The van der Waals surface area contributed by atoms with Crippen molar-refractivity contribution in [1.82, 2.24) is 4.98 Å². The highest BCUT2D eigenvalue weighted by Gasteiger charge is 2.25. The molecule has 106 valence electrons. The van der Waals surface area contributed by atoms with E-state index in [0.717, 1.165) is 47.2 Å². The zero-order valence-electron chi connectivity index (χ0n) is 11.7. The lowest BCUT2D eigenvalue weighted by molar-refractivity contribution is 0.266. The zero-order chi connectivity index (χ0) is 14.1. The van der Waals surface area contributed by atoms with E-state index in [4.69, 9.17) is 0 Å². The first kappa shape index (κ1) is 13.3. The van der Waals surface area contributed by atoms with Crippen LogP contribution in [0.4, 0.5) is 5.69 Å². The van der Waals surface area contributed by atoms with E-state index in [2.05, 4.69) is 16.0 Å². The van der Waals surface area contributed by atoms with Gasteiger partial charge >= 0.3 is 0 Å². The van der Waals surface area contributed by atoms with Crippen molar-refractivity contribution in [2.75, 3.05) is 18.1 Å². The first-order chi connectivity index (χ1) is 9.72. The summed E-state index contributed by atoms with van der Waals surface area (Å²) in [5, 5.41) is 19.9. The van der Waals surface area contributed by atoms with E-state index in [1.54, 1.807) is 0 Å². The number of anilines is 1. The molecule has 1 aliphatic heterocycles. The SMILES string of the molecule is Cc1cc(N2CCC[C@H]2CO)c2ccc(CO)cc2n1. The van der Waals surface area contributed by atoms with Gasteiger partial charge in [-0.1, -0.05) is 12.1 Å². The first-order valence-electron chi connectivity index (χ1n) is 7.11. The third-order valence-electron chi connectivity index (χ3n) is 4.06. The van der Waals surface area contributed by atoms with Gasteiger partial charge in [-0.3, -0.25) is 4.98 Å². The lowest BCUT2D eigenvalue weighted by Gasteiger charge is -2.27. The Bertz CT molecular complexity index is 627. The highest BCUT2D eigenvalue weighted by Crippen LogP contribution is 2.32. The summed E-state index contributed by atoms with van der Waals surface area (Å²) in [6.07, 6.45) is 2.15. The number of hydrogen-bond acceptors (Lipinski definition) is 4. The number of nitrogens with zero attached hydrogens (tertiary/aromatic N) is 2. The van der Waals surface area contributed by atoms with Crippen LogP contribution in [0.25, 0.3) is 10.9 Å². The maximum absolute atomic E-state index is 9.53. The van der Waals surface area contributed by atoms with Crippen molar-refractivity contribution in [2.45, 2.75) is 32.4 Å². The molecule has 1 aliphatic rings. The summed E-state index contributed by atoms with van der Waals surface area (Å²) >= 11 is 0. The van der Waals surface area contributed by atoms with E-state index in [1.807, 2.05) is 25.1 Å². The van der Waals surface area contributed by atoms with Gasteiger partial charge in [0.25, 0.3) is 0 Å². The second-order valence-electron chi connectivity index (χ2n) is 5.46. The minimum atomic E-state index is 0.0316. The number of aliphatic hydroxyl groups excluding tert-OH is 2. The molecule has 0 saturated carbocycles. The molecule has 1 atom stereocenters. The topological polar surface area (TPSA) is 56.6 Å². The monoisotopic (exact) mass is 272 g/mol. The minimum Gasteiger partial charge on any atom is -0.394 e. The van der Waals surface area contributed by atoms with Gasteiger partial charge in [-0.15, -0.1) is 0 Å². The van der Waals surface area contributed by atoms with E-state index < -0.39 is 0 Å². The fraction of sp³-hybridized carbons (Fsp3) is 0.438. The van der Waals surface area contributed by atoms with E-state index in [0.29, 0.717) is 0 Å². The molecule has 0 aliphatic carbocycles. The summed E-state index contributed by atoms with van der Waals surface area (Å²) in [6.45, 7) is 3.19. The molecule has 2 heterocycles. The van der Waals surface area contributed by atoms with Crippen LogP contribution in [0, 0.1) is 6.92 Å². The van der Waals surface area contributed by atoms with Gasteiger partial charge < -0.3 is 15.1 Å². The quantitative estimate of drug-likeness (QED) is 0.897. The molecular weight excluding hydrogens is 252 g/mol. The van der Waals surface area contributed by atoms with Crippen LogP contribution in [0.2, 0.25) is 0 Å². The fourth-order valence-electron chi connectivity index (χ4n) is 3.06. The lowest BCUT2D eigenvalue weighted by atomic mass is 10.1. The molecule has 3 rings (SSSR count). The van der Waals surface area contributed by atoms with E-state index in [9.17, 15) is 10.2 Å². The van der Waals surface area contributed by atoms with Crippen molar-refractivity contribution in [3.8, 4) is 0 Å². The average Bonchev–Trinajstić information content (AvgIpc) is 2.93. The van der Waals surface area contributed by atoms with E-state index >= 15 is 0 Å². The van der Waals surface area contributed by atoms with Crippen LogP contribution in [-0.2, 0) is 6.61 Å². The smallest absolute Gasteiger partial charge is 0.0729 e. The van der Waals surface area contributed by atoms with Crippen LogP contribution >= 0.6 is 0 Å². The largest absolute Gasteiger partial charge is 0.394 e. The Balaban J connectivity index is 2.14. The molecule has 1 aromatic carbocycles. The van der Waals surface area contributed by atoms with Gasteiger partial charge in [-0.25, -0.2) is 0 Å². The Kier molecular flexibility index (Phi) is 3.59. The van der Waals surface area contributed by atoms with Crippen molar-refractivity contribution >= 4 is 16.6 Å². The number of fused-ring (bicyclic) bond motifs is 1. The Labute approximate surface area is 118 Å². The lowest BCUT2D eigenvalue weighted by Crippen LogP contribution is -2.32. The van der Waals surface area contributed by atoms with Crippen molar-refractivity contribution in [2.24, 2.45) is 0 Å². The summed E-state index contributed by atoms with van der Waals surface area (Å²) < 4.78 is 0. The highest BCUT2D eigenvalue weighted by molar-refractivity contribution is 5.92. The molecule has 2 N–H and O–H groups in total. The molecule has 0 radical (unpaired) electrons. The molecule has 1 fully saturated rings. The normalized spacial score (nSPS) is 18.9. The van der Waals surface area contributed by atoms with Gasteiger partial charge in [0, 0.05) is 23.3 Å². The molecule has 0 unspecified atom stereocenters. The maximum atomic E-state index is 9.53. The highest BCUT2D eigenvalue weighted by atomic mass is 16.3. The molecule has 1 aromatic heterocycles. The molecule has 1 saturated heterocycles.